The van der Waals surface area contributed by atoms with Crippen LogP contribution in [0.1, 0.15) is 43.5 Å². The SMILES string of the molecule is Cc1cccc(C)c1NC(=O)CNC(=O)[C@@H](C)N[C@H](c1ccccc1)C(C)C. The second-order valence-electron chi connectivity index (χ2n) is 7.55. The van der Waals surface area contributed by atoms with Crippen LogP contribution in [-0.2, 0) is 9.59 Å². The van der Waals surface area contributed by atoms with Gasteiger partial charge in [-0.2, -0.15) is 0 Å². The number of amides is 2. The third kappa shape index (κ3) is 5.92. The van der Waals surface area contributed by atoms with Crippen molar-refractivity contribution in [3.63, 3.8) is 0 Å². The first-order chi connectivity index (χ1) is 13.3. The maximum atomic E-state index is 12.5. The zero-order chi connectivity index (χ0) is 20.7. The van der Waals surface area contributed by atoms with Gasteiger partial charge in [0.15, 0.2) is 0 Å². The van der Waals surface area contributed by atoms with Gasteiger partial charge >= 0.3 is 0 Å². The summed E-state index contributed by atoms with van der Waals surface area (Å²) in [5.74, 6) is -0.107. The Morgan fingerprint density at radius 3 is 2.07 bits per heavy atom. The van der Waals surface area contributed by atoms with Gasteiger partial charge in [0.05, 0.1) is 12.6 Å². The lowest BCUT2D eigenvalue weighted by atomic mass is 9.95. The zero-order valence-electron chi connectivity index (χ0n) is 17.4. The third-order valence-corrected chi connectivity index (χ3v) is 4.82. The van der Waals surface area contributed by atoms with Crippen molar-refractivity contribution < 1.29 is 9.59 Å². The van der Waals surface area contributed by atoms with E-state index in [1.165, 1.54) is 0 Å². The molecule has 3 N–H and O–H groups in total. The molecule has 2 amide bonds. The average Bonchev–Trinajstić information content (AvgIpc) is 2.67. The fraction of sp³-hybridized carbons (Fsp3) is 0.391. The lowest BCUT2D eigenvalue weighted by Gasteiger charge is -2.26. The number of rotatable bonds is 8. The Morgan fingerprint density at radius 1 is 0.893 bits per heavy atom. The van der Waals surface area contributed by atoms with E-state index in [2.05, 4.69) is 41.9 Å². The largest absolute Gasteiger partial charge is 0.346 e. The molecule has 2 aromatic carbocycles. The van der Waals surface area contributed by atoms with E-state index in [9.17, 15) is 9.59 Å². The minimum atomic E-state index is -0.416. The first-order valence-corrected chi connectivity index (χ1v) is 9.74. The number of hydrogen-bond donors (Lipinski definition) is 3. The number of benzene rings is 2. The molecule has 2 atom stereocenters. The van der Waals surface area contributed by atoms with Gasteiger partial charge in [-0.15, -0.1) is 0 Å². The van der Waals surface area contributed by atoms with Crippen molar-refractivity contribution in [1.82, 2.24) is 10.6 Å². The van der Waals surface area contributed by atoms with Crippen molar-refractivity contribution in [1.29, 1.82) is 0 Å². The van der Waals surface area contributed by atoms with Gasteiger partial charge in [0.2, 0.25) is 11.8 Å². The lowest BCUT2D eigenvalue weighted by Crippen LogP contribution is -2.46. The van der Waals surface area contributed by atoms with Crippen LogP contribution < -0.4 is 16.0 Å². The van der Waals surface area contributed by atoms with Gasteiger partial charge in [-0.1, -0.05) is 62.4 Å². The molecule has 5 nitrogen and oxygen atoms in total. The highest BCUT2D eigenvalue weighted by Gasteiger charge is 2.22. The van der Waals surface area contributed by atoms with Gasteiger partial charge in [-0.05, 0) is 43.4 Å². The molecule has 0 saturated carbocycles. The van der Waals surface area contributed by atoms with Crippen LogP contribution in [0.15, 0.2) is 48.5 Å². The molecule has 0 heterocycles. The maximum Gasteiger partial charge on any atom is 0.243 e. The molecule has 0 aliphatic heterocycles. The Bertz CT molecular complexity index is 782. The summed E-state index contributed by atoms with van der Waals surface area (Å²) in [6.07, 6.45) is 0. The van der Waals surface area contributed by atoms with Gasteiger partial charge in [-0.3, -0.25) is 14.9 Å². The van der Waals surface area contributed by atoms with Gasteiger partial charge in [-0.25, -0.2) is 0 Å². The van der Waals surface area contributed by atoms with Crippen molar-refractivity contribution in [3.8, 4) is 0 Å². The zero-order valence-corrected chi connectivity index (χ0v) is 17.4. The van der Waals surface area contributed by atoms with E-state index < -0.39 is 6.04 Å². The van der Waals surface area contributed by atoms with Crippen LogP contribution in [0.5, 0.6) is 0 Å². The van der Waals surface area contributed by atoms with E-state index in [0.717, 1.165) is 22.4 Å². The van der Waals surface area contributed by atoms with E-state index in [1.807, 2.05) is 57.2 Å². The highest BCUT2D eigenvalue weighted by molar-refractivity contribution is 5.96. The van der Waals surface area contributed by atoms with E-state index in [-0.39, 0.29) is 24.4 Å². The van der Waals surface area contributed by atoms with Crippen LogP contribution in [0, 0.1) is 19.8 Å². The molecule has 2 rings (SSSR count). The van der Waals surface area contributed by atoms with E-state index >= 15 is 0 Å². The van der Waals surface area contributed by atoms with Crippen molar-refractivity contribution in [2.75, 3.05) is 11.9 Å². The smallest absolute Gasteiger partial charge is 0.243 e. The molecule has 0 bridgehead atoms. The van der Waals surface area contributed by atoms with Crippen LogP contribution in [0.4, 0.5) is 5.69 Å². The Morgan fingerprint density at radius 2 is 1.50 bits per heavy atom. The molecule has 2 aromatic rings. The Hall–Kier alpha value is -2.66. The molecule has 0 spiro atoms. The minimum absolute atomic E-state index is 0.0592. The fourth-order valence-electron chi connectivity index (χ4n) is 3.19. The second-order valence-corrected chi connectivity index (χ2v) is 7.55. The Kier molecular flexibility index (Phi) is 7.76. The van der Waals surface area contributed by atoms with Crippen molar-refractivity contribution in [2.24, 2.45) is 5.92 Å². The van der Waals surface area contributed by atoms with Crippen LogP contribution in [-0.4, -0.2) is 24.4 Å². The summed E-state index contributed by atoms with van der Waals surface area (Å²) in [4.78, 5) is 24.7. The van der Waals surface area contributed by atoms with Crippen LogP contribution in [0.25, 0.3) is 0 Å². The summed E-state index contributed by atoms with van der Waals surface area (Å²) < 4.78 is 0. The maximum absolute atomic E-state index is 12.5. The minimum Gasteiger partial charge on any atom is -0.346 e. The number of anilines is 1. The molecule has 150 valence electrons. The summed E-state index contributed by atoms with van der Waals surface area (Å²) >= 11 is 0. The Balaban J connectivity index is 1.90. The second kappa shape index (κ2) is 10.0. The van der Waals surface area contributed by atoms with Gasteiger partial charge < -0.3 is 10.6 Å². The Labute approximate surface area is 167 Å². The number of nitrogens with one attached hydrogen (secondary N) is 3. The average molecular weight is 382 g/mol. The summed E-state index contributed by atoms with van der Waals surface area (Å²) in [5, 5.41) is 8.99. The van der Waals surface area contributed by atoms with E-state index in [1.54, 1.807) is 0 Å². The van der Waals surface area contributed by atoms with Gasteiger partial charge in [0.1, 0.15) is 0 Å². The predicted octanol–water partition coefficient (Wildman–Crippen LogP) is 3.73. The standard InChI is InChI=1S/C23H31N3O2/c1-15(2)21(19-12-7-6-8-13-19)25-18(5)23(28)24-14-20(27)26-22-16(3)10-9-11-17(22)4/h6-13,15,18,21,25H,14H2,1-5H3,(H,24,28)(H,26,27)/t18-,21+/m1/s1. The lowest BCUT2D eigenvalue weighted by molar-refractivity contribution is -0.125. The molecular weight excluding hydrogens is 350 g/mol. The molecule has 5 heteroatoms. The number of aryl methyl sites for hydroxylation is 2. The quantitative estimate of drug-likeness (QED) is 0.652. The molecular formula is C23H31N3O2. The summed E-state index contributed by atoms with van der Waals surface area (Å²) in [6, 6.07) is 15.6. The van der Waals surface area contributed by atoms with Crippen molar-refractivity contribution in [2.45, 2.75) is 46.7 Å². The number of carbonyl (C=O) groups is 2. The predicted molar refractivity (Wildman–Crippen MR) is 114 cm³/mol. The molecule has 0 aliphatic rings. The first-order valence-electron chi connectivity index (χ1n) is 9.74. The highest BCUT2D eigenvalue weighted by atomic mass is 16.2. The van der Waals surface area contributed by atoms with Crippen LogP contribution in [0.2, 0.25) is 0 Å². The number of carbonyl (C=O) groups excluding carboxylic acids is 2. The van der Waals surface area contributed by atoms with E-state index in [4.69, 9.17) is 0 Å². The normalized spacial score (nSPS) is 13.1. The molecule has 0 saturated heterocycles. The number of hydrogen-bond acceptors (Lipinski definition) is 3. The van der Waals surface area contributed by atoms with Crippen molar-refractivity contribution >= 4 is 17.5 Å². The first kappa shape index (κ1) is 21.6. The topological polar surface area (TPSA) is 70.2 Å². The van der Waals surface area contributed by atoms with Crippen LogP contribution in [0.3, 0.4) is 0 Å². The molecule has 0 unspecified atom stereocenters. The van der Waals surface area contributed by atoms with Gasteiger partial charge in [0.25, 0.3) is 0 Å². The molecule has 0 aliphatic carbocycles. The number of para-hydroxylation sites is 1. The molecule has 0 radical (unpaired) electrons. The summed E-state index contributed by atoms with van der Waals surface area (Å²) in [7, 11) is 0. The summed E-state index contributed by atoms with van der Waals surface area (Å²) in [5.41, 5.74) is 3.94. The fourth-order valence-corrected chi connectivity index (χ4v) is 3.19. The van der Waals surface area contributed by atoms with E-state index in [0.29, 0.717) is 5.92 Å². The summed E-state index contributed by atoms with van der Waals surface area (Å²) in [6.45, 7) is 9.89. The monoisotopic (exact) mass is 381 g/mol. The highest BCUT2D eigenvalue weighted by Crippen LogP contribution is 2.22. The molecule has 28 heavy (non-hydrogen) atoms. The molecule has 0 fully saturated rings. The molecule has 0 aromatic heterocycles. The van der Waals surface area contributed by atoms with Gasteiger partial charge in [0, 0.05) is 11.7 Å². The van der Waals surface area contributed by atoms with Crippen molar-refractivity contribution in [3.05, 3.63) is 65.2 Å². The third-order valence-electron chi connectivity index (χ3n) is 4.82. The van der Waals surface area contributed by atoms with Crippen LogP contribution >= 0.6 is 0 Å².